The lowest BCUT2D eigenvalue weighted by atomic mass is 10.0. The highest BCUT2D eigenvalue weighted by molar-refractivity contribution is 5.75. The maximum atomic E-state index is 11.6. The molecule has 88 valence electrons. The molecule has 2 heterocycles. The predicted molar refractivity (Wildman–Crippen MR) is 56.5 cm³/mol. The highest BCUT2D eigenvalue weighted by Gasteiger charge is 2.28. The van der Waals surface area contributed by atoms with Crippen molar-refractivity contribution in [3.63, 3.8) is 0 Å². The molecule has 1 aliphatic rings. The monoisotopic (exact) mass is 224 g/mol. The van der Waals surface area contributed by atoms with E-state index >= 15 is 0 Å². The third kappa shape index (κ3) is 2.75. The van der Waals surface area contributed by atoms with Crippen LogP contribution < -0.4 is 10.6 Å². The lowest BCUT2D eigenvalue weighted by Crippen LogP contribution is -2.47. The fourth-order valence-corrected chi connectivity index (χ4v) is 1.86. The van der Waals surface area contributed by atoms with Crippen molar-refractivity contribution in [3.05, 3.63) is 6.33 Å². The van der Waals surface area contributed by atoms with Gasteiger partial charge in [0.15, 0.2) is 0 Å². The molecule has 1 unspecified atom stereocenters. The largest absolute Gasteiger partial charge is 0.353 e. The fraction of sp³-hybridized carbons (Fsp3) is 0.778. The first-order valence-corrected chi connectivity index (χ1v) is 5.40. The van der Waals surface area contributed by atoms with Crippen molar-refractivity contribution in [2.24, 2.45) is 0 Å². The number of tetrazole rings is 1. The van der Waals surface area contributed by atoms with Crippen molar-refractivity contribution in [2.75, 3.05) is 13.1 Å². The minimum absolute atomic E-state index is 0.0380. The van der Waals surface area contributed by atoms with Crippen LogP contribution in [0.4, 0.5) is 0 Å². The lowest BCUT2D eigenvalue weighted by Gasteiger charge is -2.24. The second-order valence-electron chi connectivity index (χ2n) is 4.38. The van der Waals surface area contributed by atoms with Gasteiger partial charge in [0.2, 0.25) is 5.91 Å². The molecular formula is C9H16N6O. The molecule has 16 heavy (non-hydrogen) atoms. The van der Waals surface area contributed by atoms with Gasteiger partial charge in [0.05, 0.1) is 0 Å². The van der Waals surface area contributed by atoms with E-state index in [9.17, 15) is 4.79 Å². The summed E-state index contributed by atoms with van der Waals surface area (Å²) in [6.45, 7) is 3.97. The zero-order valence-corrected chi connectivity index (χ0v) is 9.31. The van der Waals surface area contributed by atoms with Gasteiger partial charge in [-0.3, -0.25) is 4.79 Å². The number of hydrogen-bond acceptors (Lipinski definition) is 5. The smallest absolute Gasteiger partial charge is 0.241 e. The quantitative estimate of drug-likeness (QED) is 0.680. The zero-order chi connectivity index (χ0) is 11.4. The zero-order valence-electron chi connectivity index (χ0n) is 9.31. The van der Waals surface area contributed by atoms with Crippen LogP contribution in [-0.2, 0) is 11.3 Å². The molecule has 1 atom stereocenters. The van der Waals surface area contributed by atoms with Crippen LogP contribution in [0.25, 0.3) is 0 Å². The molecular weight excluding hydrogens is 208 g/mol. The van der Waals surface area contributed by atoms with Crippen LogP contribution in [0.15, 0.2) is 6.33 Å². The number of nitrogens with one attached hydrogen (secondary N) is 2. The standard InChI is InChI=1S/C9H16N6O/c1-9(3-2-4-11-9)6-10-8(16)5-15-7-12-13-14-15/h7,11H,2-6H2,1H3,(H,10,16). The van der Waals surface area contributed by atoms with Gasteiger partial charge in [-0.05, 0) is 36.7 Å². The molecule has 0 bridgehead atoms. The second-order valence-corrected chi connectivity index (χ2v) is 4.38. The third-order valence-electron chi connectivity index (χ3n) is 2.83. The summed E-state index contributed by atoms with van der Waals surface area (Å²) < 4.78 is 1.40. The van der Waals surface area contributed by atoms with E-state index in [-0.39, 0.29) is 18.0 Å². The van der Waals surface area contributed by atoms with Crippen molar-refractivity contribution in [3.8, 4) is 0 Å². The molecule has 0 aliphatic carbocycles. The summed E-state index contributed by atoms with van der Waals surface area (Å²) in [7, 11) is 0. The van der Waals surface area contributed by atoms with Gasteiger partial charge in [-0.25, -0.2) is 4.68 Å². The van der Waals surface area contributed by atoms with Crippen LogP contribution in [0, 0.1) is 0 Å². The summed E-state index contributed by atoms with van der Waals surface area (Å²) in [4.78, 5) is 11.6. The Morgan fingerprint density at radius 1 is 1.69 bits per heavy atom. The summed E-state index contributed by atoms with van der Waals surface area (Å²) in [6, 6.07) is 0. The lowest BCUT2D eigenvalue weighted by molar-refractivity contribution is -0.122. The first-order chi connectivity index (χ1) is 7.68. The highest BCUT2D eigenvalue weighted by atomic mass is 16.2. The van der Waals surface area contributed by atoms with Gasteiger partial charge in [0, 0.05) is 12.1 Å². The third-order valence-corrected chi connectivity index (χ3v) is 2.83. The number of nitrogens with zero attached hydrogens (tertiary/aromatic N) is 4. The van der Waals surface area contributed by atoms with Gasteiger partial charge in [-0.2, -0.15) is 0 Å². The van der Waals surface area contributed by atoms with Gasteiger partial charge >= 0.3 is 0 Å². The molecule has 7 nitrogen and oxygen atoms in total. The summed E-state index contributed by atoms with van der Waals surface area (Å²) in [6.07, 6.45) is 3.69. The van der Waals surface area contributed by atoms with Crippen LogP contribution in [0.3, 0.4) is 0 Å². The second kappa shape index (κ2) is 4.56. The van der Waals surface area contributed by atoms with Crippen molar-refractivity contribution >= 4 is 5.91 Å². The van der Waals surface area contributed by atoms with Gasteiger partial charge in [0.25, 0.3) is 0 Å². The first-order valence-electron chi connectivity index (χ1n) is 5.40. The Labute approximate surface area is 93.6 Å². The van der Waals surface area contributed by atoms with Crippen LogP contribution in [0.5, 0.6) is 0 Å². The molecule has 2 N–H and O–H groups in total. The fourth-order valence-electron chi connectivity index (χ4n) is 1.86. The summed E-state index contributed by atoms with van der Waals surface area (Å²) in [5, 5.41) is 16.8. The van der Waals surface area contributed by atoms with Crippen molar-refractivity contribution < 1.29 is 4.79 Å². The molecule has 1 aliphatic heterocycles. The average molecular weight is 224 g/mol. The Morgan fingerprint density at radius 2 is 2.56 bits per heavy atom. The summed E-state index contributed by atoms with van der Waals surface area (Å²) >= 11 is 0. The summed E-state index contributed by atoms with van der Waals surface area (Å²) in [5.41, 5.74) is 0.0380. The Balaban J connectivity index is 1.75. The maximum Gasteiger partial charge on any atom is 0.241 e. The van der Waals surface area contributed by atoms with Crippen molar-refractivity contribution in [1.82, 2.24) is 30.8 Å². The Morgan fingerprint density at radius 3 is 3.19 bits per heavy atom. The number of hydrogen-bond donors (Lipinski definition) is 2. The maximum absolute atomic E-state index is 11.6. The number of rotatable bonds is 4. The molecule has 7 heteroatoms. The Hall–Kier alpha value is -1.50. The molecule has 1 aromatic rings. The van der Waals surface area contributed by atoms with Gasteiger partial charge in [0.1, 0.15) is 12.9 Å². The van der Waals surface area contributed by atoms with E-state index in [1.54, 1.807) is 0 Å². The average Bonchev–Trinajstić information content (AvgIpc) is 2.88. The van der Waals surface area contributed by atoms with E-state index in [4.69, 9.17) is 0 Å². The van der Waals surface area contributed by atoms with Gasteiger partial charge in [-0.1, -0.05) is 0 Å². The van der Waals surface area contributed by atoms with Crippen LogP contribution in [0.2, 0.25) is 0 Å². The topological polar surface area (TPSA) is 84.7 Å². The van der Waals surface area contributed by atoms with Gasteiger partial charge < -0.3 is 10.6 Å². The molecule has 0 spiro atoms. The molecule has 1 aromatic heterocycles. The van der Waals surface area contributed by atoms with E-state index in [0.717, 1.165) is 13.0 Å². The van der Waals surface area contributed by atoms with Crippen LogP contribution in [-0.4, -0.2) is 44.7 Å². The highest BCUT2D eigenvalue weighted by Crippen LogP contribution is 2.16. The number of aromatic nitrogens is 4. The van der Waals surface area contributed by atoms with E-state index in [0.29, 0.717) is 6.54 Å². The number of amides is 1. The van der Waals surface area contributed by atoms with E-state index in [2.05, 4.69) is 33.1 Å². The first kappa shape index (κ1) is 11.0. The molecule has 1 saturated heterocycles. The van der Waals surface area contributed by atoms with E-state index in [1.807, 2.05) is 0 Å². The molecule has 0 radical (unpaired) electrons. The molecule has 1 amide bonds. The minimum atomic E-state index is -0.0674. The van der Waals surface area contributed by atoms with Gasteiger partial charge in [-0.15, -0.1) is 5.10 Å². The molecule has 0 saturated carbocycles. The SMILES string of the molecule is CC1(CNC(=O)Cn2cnnn2)CCCN1. The molecule has 2 rings (SSSR count). The van der Waals surface area contributed by atoms with Crippen LogP contribution in [0.1, 0.15) is 19.8 Å². The number of carbonyl (C=O) groups is 1. The minimum Gasteiger partial charge on any atom is -0.353 e. The normalized spacial score (nSPS) is 24.6. The van der Waals surface area contributed by atoms with Crippen molar-refractivity contribution in [1.29, 1.82) is 0 Å². The Bertz CT molecular complexity index is 343. The van der Waals surface area contributed by atoms with Crippen LogP contribution >= 0.6 is 0 Å². The molecule has 0 aromatic carbocycles. The molecule has 1 fully saturated rings. The Kier molecular flexibility index (Phi) is 3.14. The van der Waals surface area contributed by atoms with Crippen molar-refractivity contribution in [2.45, 2.75) is 31.8 Å². The summed E-state index contributed by atoms with van der Waals surface area (Å²) in [5.74, 6) is -0.0674. The predicted octanol–water partition coefficient (Wildman–Crippen LogP) is -1.07. The number of carbonyl (C=O) groups excluding carboxylic acids is 1. The van der Waals surface area contributed by atoms with E-state index < -0.39 is 0 Å². The van der Waals surface area contributed by atoms with E-state index in [1.165, 1.54) is 17.4 Å².